The summed E-state index contributed by atoms with van der Waals surface area (Å²) >= 11 is 0. The van der Waals surface area contributed by atoms with Gasteiger partial charge in [-0.05, 0) is 41.8 Å². The van der Waals surface area contributed by atoms with Crippen molar-refractivity contribution in [2.75, 3.05) is 19.0 Å². The highest BCUT2D eigenvalue weighted by Crippen LogP contribution is 2.11. The second-order valence-electron chi connectivity index (χ2n) is 6.46. The van der Waals surface area contributed by atoms with Crippen LogP contribution in [-0.4, -0.2) is 36.3 Å². The number of amides is 2. The van der Waals surface area contributed by atoms with Gasteiger partial charge in [-0.15, -0.1) is 0 Å². The molecular formula is C22H23N3O4. The lowest BCUT2D eigenvalue weighted by Crippen LogP contribution is -2.30. The van der Waals surface area contributed by atoms with Gasteiger partial charge in [-0.1, -0.05) is 31.2 Å². The third-order valence-electron chi connectivity index (χ3n) is 4.25. The maximum atomic E-state index is 12.2. The van der Waals surface area contributed by atoms with Crippen molar-refractivity contribution in [3.8, 4) is 6.07 Å². The predicted octanol–water partition coefficient (Wildman–Crippen LogP) is 2.92. The molecule has 0 bridgehead atoms. The maximum Gasteiger partial charge on any atom is 0.338 e. The summed E-state index contributed by atoms with van der Waals surface area (Å²) in [4.78, 5) is 37.2. The van der Waals surface area contributed by atoms with E-state index in [1.54, 1.807) is 13.1 Å². The fourth-order valence-corrected chi connectivity index (χ4v) is 2.53. The monoisotopic (exact) mass is 393 g/mol. The second-order valence-corrected chi connectivity index (χ2v) is 6.46. The van der Waals surface area contributed by atoms with Crippen LogP contribution in [-0.2, 0) is 27.3 Å². The van der Waals surface area contributed by atoms with E-state index in [0.29, 0.717) is 12.2 Å². The van der Waals surface area contributed by atoms with Crippen molar-refractivity contribution >= 4 is 23.5 Å². The Kier molecular flexibility index (Phi) is 7.92. The Morgan fingerprint density at radius 3 is 2.24 bits per heavy atom. The lowest BCUT2D eigenvalue weighted by atomic mass is 10.1. The zero-order valence-corrected chi connectivity index (χ0v) is 16.5. The van der Waals surface area contributed by atoms with Gasteiger partial charge in [0.1, 0.15) is 6.42 Å². The van der Waals surface area contributed by atoms with E-state index in [2.05, 4.69) is 12.2 Å². The molecule has 0 aliphatic rings. The predicted molar refractivity (Wildman–Crippen MR) is 108 cm³/mol. The van der Waals surface area contributed by atoms with Crippen molar-refractivity contribution in [1.29, 1.82) is 5.26 Å². The highest BCUT2D eigenvalue weighted by Gasteiger charge is 2.14. The molecule has 2 aromatic rings. The number of nitriles is 1. The number of nitrogens with one attached hydrogen (secondary N) is 1. The minimum atomic E-state index is -0.631. The molecule has 0 unspecified atom stereocenters. The van der Waals surface area contributed by atoms with Crippen LogP contribution >= 0.6 is 0 Å². The van der Waals surface area contributed by atoms with Gasteiger partial charge in [-0.3, -0.25) is 9.59 Å². The van der Waals surface area contributed by atoms with Crippen LogP contribution in [0.4, 0.5) is 5.69 Å². The van der Waals surface area contributed by atoms with Crippen molar-refractivity contribution < 1.29 is 19.1 Å². The molecule has 7 heteroatoms. The Hall–Kier alpha value is -3.66. The first kappa shape index (κ1) is 21.6. The van der Waals surface area contributed by atoms with Crippen molar-refractivity contribution in [3.05, 3.63) is 65.2 Å². The van der Waals surface area contributed by atoms with Crippen molar-refractivity contribution in [2.24, 2.45) is 0 Å². The highest BCUT2D eigenvalue weighted by molar-refractivity contribution is 5.94. The third kappa shape index (κ3) is 6.78. The summed E-state index contributed by atoms with van der Waals surface area (Å²) in [6.45, 7) is 2.15. The van der Waals surface area contributed by atoms with Gasteiger partial charge in [-0.25, -0.2) is 4.79 Å². The minimum absolute atomic E-state index is 0.248. The van der Waals surface area contributed by atoms with Gasteiger partial charge in [0.05, 0.1) is 11.6 Å². The highest BCUT2D eigenvalue weighted by atomic mass is 16.5. The van der Waals surface area contributed by atoms with Gasteiger partial charge in [0.2, 0.25) is 5.91 Å². The summed E-state index contributed by atoms with van der Waals surface area (Å²) in [6.07, 6.45) is 0.709. The SMILES string of the molecule is CCc1ccc(CN(C)C(=O)COC(=O)c2ccc(NC(=O)CC#N)cc2)cc1. The maximum absolute atomic E-state index is 12.2. The topological polar surface area (TPSA) is 99.5 Å². The number of aryl methyl sites for hydroxylation is 1. The summed E-state index contributed by atoms with van der Waals surface area (Å²) < 4.78 is 5.08. The standard InChI is InChI=1S/C22H23N3O4/c1-3-16-4-6-17(7-5-16)14-25(2)21(27)15-29-22(28)18-8-10-19(11-9-18)24-20(26)12-13-23/h4-11H,3,12,14-15H2,1-2H3,(H,24,26). The number of ether oxygens (including phenoxy) is 1. The molecule has 150 valence electrons. The molecule has 0 radical (unpaired) electrons. The fraction of sp³-hybridized carbons (Fsp3) is 0.273. The van der Waals surface area contributed by atoms with Gasteiger partial charge in [-0.2, -0.15) is 5.26 Å². The van der Waals surface area contributed by atoms with E-state index in [-0.39, 0.29) is 24.5 Å². The number of anilines is 1. The number of nitrogens with zero attached hydrogens (tertiary/aromatic N) is 2. The quantitative estimate of drug-likeness (QED) is 0.695. The summed E-state index contributed by atoms with van der Waals surface area (Å²) in [5, 5.41) is 11.0. The van der Waals surface area contributed by atoms with E-state index >= 15 is 0 Å². The molecule has 29 heavy (non-hydrogen) atoms. The first-order valence-corrected chi connectivity index (χ1v) is 9.18. The Balaban J connectivity index is 1.83. The smallest absolute Gasteiger partial charge is 0.338 e. The summed E-state index contributed by atoms with van der Waals surface area (Å²) in [5.41, 5.74) is 2.95. The molecule has 0 saturated heterocycles. The molecular weight excluding hydrogens is 370 g/mol. The summed E-state index contributed by atoms with van der Waals surface area (Å²) in [7, 11) is 1.66. The minimum Gasteiger partial charge on any atom is -0.452 e. The molecule has 1 N–H and O–H groups in total. The van der Waals surface area contributed by atoms with E-state index in [1.807, 2.05) is 24.3 Å². The van der Waals surface area contributed by atoms with Crippen molar-refractivity contribution in [2.45, 2.75) is 26.3 Å². The van der Waals surface area contributed by atoms with E-state index in [1.165, 1.54) is 34.7 Å². The van der Waals surface area contributed by atoms with Crippen LogP contribution in [0, 0.1) is 11.3 Å². The largest absolute Gasteiger partial charge is 0.452 e. The Labute approximate surface area is 169 Å². The lowest BCUT2D eigenvalue weighted by molar-refractivity contribution is -0.133. The Morgan fingerprint density at radius 2 is 1.66 bits per heavy atom. The molecule has 0 atom stereocenters. The second kappa shape index (κ2) is 10.6. The molecule has 2 rings (SSSR count). The van der Waals surface area contributed by atoms with Crippen LogP contribution < -0.4 is 5.32 Å². The van der Waals surface area contributed by atoms with Gasteiger partial charge >= 0.3 is 5.97 Å². The van der Waals surface area contributed by atoms with E-state index < -0.39 is 11.9 Å². The van der Waals surface area contributed by atoms with Crippen LogP contribution in [0.25, 0.3) is 0 Å². The zero-order chi connectivity index (χ0) is 21.2. The van der Waals surface area contributed by atoms with E-state index in [4.69, 9.17) is 10.00 Å². The Bertz CT molecular complexity index is 899. The molecule has 0 saturated carbocycles. The van der Waals surface area contributed by atoms with Crippen LogP contribution in [0.15, 0.2) is 48.5 Å². The number of benzene rings is 2. The van der Waals surface area contributed by atoms with Crippen molar-refractivity contribution in [3.63, 3.8) is 0 Å². The molecule has 7 nitrogen and oxygen atoms in total. The summed E-state index contributed by atoms with van der Waals surface area (Å²) in [6, 6.07) is 15.8. The lowest BCUT2D eigenvalue weighted by Gasteiger charge is -2.17. The molecule has 0 aromatic heterocycles. The van der Waals surface area contributed by atoms with Crippen LogP contribution in [0.2, 0.25) is 0 Å². The molecule has 2 aromatic carbocycles. The molecule has 2 amide bonds. The van der Waals surface area contributed by atoms with E-state index in [9.17, 15) is 14.4 Å². The number of likely N-dealkylation sites (N-methyl/N-ethyl adjacent to an activating group) is 1. The fourth-order valence-electron chi connectivity index (χ4n) is 2.53. The van der Waals surface area contributed by atoms with Gasteiger partial charge < -0.3 is 15.0 Å². The normalized spacial score (nSPS) is 9.97. The Morgan fingerprint density at radius 1 is 1.03 bits per heavy atom. The number of carbonyl (C=O) groups is 3. The van der Waals surface area contributed by atoms with Crippen LogP contribution in [0.1, 0.15) is 34.8 Å². The number of hydrogen-bond acceptors (Lipinski definition) is 5. The average Bonchev–Trinajstić information content (AvgIpc) is 2.73. The third-order valence-corrected chi connectivity index (χ3v) is 4.25. The molecule has 0 spiro atoms. The molecule has 0 aliphatic heterocycles. The van der Waals surface area contributed by atoms with Gasteiger partial charge in [0.15, 0.2) is 6.61 Å². The van der Waals surface area contributed by atoms with E-state index in [0.717, 1.165) is 12.0 Å². The molecule has 0 fully saturated rings. The van der Waals surface area contributed by atoms with Gasteiger partial charge in [0.25, 0.3) is 5.91 Å². The van der Waals surface area contributed by atoms with Crippen LogP contribution in [0.5, 0.6) is 0 Å². The number of esters is 1. The zero-order valence-electron chi connectivity index (χ0n) is 16.5. The van der Waals surface area contributed by atoms with Gasteiger partial charge in [0, 0.05) is 19.3 Å². The molecule has 0 heterocycles. The first-order chi connectivity index (χ1) is 13.9. The average molecular weight is 393 g/mol. The van der Waals surface area contributed by atoms with Crippen molar-refractivity contribution in [1.82, 2.24) is 4.90 Å². The first-order valence-electron chi connectivity index (χ1n) is 9.18. The van der Waals surface area contributed by atoms with Crippen LogP contribution in [0.3, 0.4) is 0 Å². The summed E-state index contributed by atoms with van der Waals surface area (Å²) in [5.74, 6) is -1.37. The number of hydrogen-bond donors (Lipinski definition) is 1. The molecule has 0 aliphatic carbocycles. The number of carbonyl (C=O) groups excluding carboxylic acids is 3. The number of rotatable bonds is 8.